The third-order valence-corrected chi connectivity index (χ3v) is 3.26. The molecule has 1 aliphatic rings. The average molecular weight is 198 g/mol. The van der Waals surface area contributed by atoms with Crippen LogP contribution in [0.15, 0.2) is 6.20 Å². The Kier molecular flexibility index (Phi) is 2.87. The zero-order chi connectivity index (χ0) is 9.10. The van der Waals surface area contributed by atoms with E-state index in [9.17, 15) is 0 Å². The van der Waals surface area contributed by atoms with Gasteiger partial charge in [0.1, 0.15) is 0 Å². The van der Waals surface area contributed by atoms with E-state index in [0.717, 1.165) is 17.2 Å². The summed E-state index contributed by atoms with van der Waals surface area (Å²) < 4.78 is 3.83. The first kappa shape index (κ1) is 9.05. The van der Waals surface area contributed by atoms with Gasteiger partial charge in [0.25, 0.3) is 0 Å². The molecule has 4 nitrogen and oxygen atoms in total. The number of hydrogen-bond donors (Lipinski definition) is 2. The monoisotopic (exact) mass is 198 g/mol. The standard InChI is InChI=1S/C8H14N4S/c9-11-7(4-3-6-1-2-6)8-5-10-12-13-8/h5-7,11H,1-4,9H2. The number of hydrogen-bond acceptors (Lipinski definition) is 5. The number of nitrogens with one attached hydrogen (secondary N) is 1. The summed E-state index contributed by atoms with van der Waals surface area (Å²) in [5.74, 6) is 6.43. The zero-order valence-corrected chi connectivity index (χ0v) is 8.26. The fraction of sp³-hybridized carbons (Fsp3) is 0.750. The van der Waals surface area contributed by atoms with E-state index in [-0.39, 0.29) is 6.04 Å². The van der Waals surface area contributed by atoms with Crippen LogP contribution in [0.4, 0.5) is 0 Å². The van der Waals surface area contributed by atoms with Gasteiger partial charge in [-0.1, -0.05) is 17.3 Å². The third-order valence-electron chi connectivity index (χ3n) is 2.48. The second-order valence-electron chi connectivity index (χ2n) is 3.56. The maximum atomic E-state index is 5.47. The highest BCUT2D eigenvalue weighted by molar-refractivity contribution is 7.05. The number of nitrogens with two attached hydrogens (primary N) is 1. The summed E-state index contributed by atoms with van der Waals surface area (Å²) in [7, 11) is 0. The quantitative estimate of drug-likeness (QED) is 0.552. The Morgan fingerprint density at radius 3 is 3.08 bits per heavy atom. The number of rotatable bonds is 5. The molecule has 0 radical (unpaired) electrons. The van der Waals surface area contributed by atoms with Gasteiger partial charge in [0.2, 0.25) is 0 Å². The normalized spacial score (nSPS) is 18.8. The number of nitrogens with zero attached hydrogens (tertiary/aromatic N) is 2. The molecule has 0 amide bonds. The molecule has 0 aromatic carbocycles. The summed E-state index contributed by atoms with van der Waals surface area (Å²) in [6, 6.07) is 0.251. The van der Waals surface area contributed by atoms with E-state index in [1.54, 1.807) is 6.20 Å². The summed E-state index contributed by atoms with van der Waals surface area (Å²) >= 11 is 1.42. The highest BCUT2D eigenvalue weighted by atomic mass is 32.1. The van der Waals surface area contributed by atoms with Crippen molar-refractivity contribution in [2.24, 2.45) is 11.8 Å². The van der Waals surface area contributed by atoms with Crippen LogP contribution in [0.5, 0.6) is 0 Å². The molecule has 2 rings (SSSR count). The van der Waals surface area contributed by atoms with Gasteiger partial charge in [0, 0.05) is 0 Å². The van der Waals surface area contributed by atoms with Crippen molar-refractivity contribution in [2.45, 2.75) is 31.7 Å². The Bertz CT molecular complexity index is 245. The van der Waals surface area contributed by atoms with Crippen molar-refractivity contribution in [3.63, 3.8) is 0 Å². The Labute approximate surface area is 81.7 Å². The highest BCUT2D eigenvalue weighted by Crippen LogP contribution is 2.35. The lowest BCUT2D eigenvalue weighted by molar-refractivity contribution is 0.487. The Morgan fingerprint density at radius 2 is 2.54 bits per heavy atom. The van der Waals surface area contributed by atoms with Crippen LogP contribution in [0, 0.1) is 5.92 Å². The van der Waals surface area contributed by atoms with Crippen LogP contribution >= 0.6 is 11.5 Å². The van der Waals surface area contributed by atoms with E-state index in [4.69, 9.17) is 5.84 Å². The molecule has 72 valence electrons. The summed E-state index contributed by atoms with van der Waals surface area (Å²) in [5, 5.41) is 3.81. The lowest BCUT2D eigenvalue weighted by Gasteiger charge is -2.11. The van der Waals surface area contributed by atoms with Gasteiger partial charge in [-0.05, 0) is 30.3 Å². The topological polar surface area (TPSA) is 63.8 Å². The molecule has 1 heterocycles. The van der Waals surface area contributed by atoms with Gasteiger partial charge in [-0.2, -0.15) is 0 Å². The molecule has 1 unspecified atom stereocenters. The van der Waals surface area contributed by atoms with E-state index in [2.05, 4.69) is 15.0 Å². The van der Waals surface area contributed by atoms with Gasteiger partial charge >= 0.3 is 0 Å². The fourth-order valence-electron chi connectivity index (χ4n) is 1.44. The minimum absolute atomic E-state index is 0.251. The molecule has 1 fully saturated rings. The van der Waals surface area contributed by atoms with Crippen LogP contribution in [0.25, 0.3) is 0 Å². The van der Waals surface area contributed by atoms with Gasteiger partial charge in [0.05, 0.1) is 17.1 Å². The minimum Gasteiger partial charge on any atom is -0.271 e. The Balaban J connectivity index is 1.85. The lowest BCUT2D eigenvalue weighted by Crippen LogP contribution is -2.27. The van der Waals surface area contributed by atoms with Gasteiger partial charge < -0.3 is 0 Å². The summed E-state index contributed by atoms with van der Waals surface area (Å²) in [5.41, 5.74) is 2.82. The van der Waals surface area contributed by atoms with Gasteiger partial charge in [0.15, 0.2) is 0 Å². The number of hydrazine groups is 1. The van der Waals surface area contributed by atoms with Crippen LogP contribution in [0.2, 0.25) is 0 Å². The summed E-state index contributed by atoms with van der Waals surface area (Å²) in [6.07, 6.45) is 6.97. The van der Waals surface area contributed by atoms with Crippen molar-refractivity contribution < 1.29 is 0 Å². The summed E-state index contributed by atoms with van der Waals surface area (Å²) in [4.78, 5) is 1.14. The average Bonchev–Trinajstić information content (AvgIpc) is 2.81. The molecule has 1 aromatic heterocycles. The maximum absolute atomic E-state index is 5.47. The van der Waals surface area contributed by atoms with Crippen LogP contribution in [0.1, 0.15) is 36.6 Å². The molecule has 0 spiro atoms. The molecule has 13 heavy (non-hydrogen) atoms. The molecule has 0 aliphatic heterocycles. The molecule has 5 heteroatoms. The van der Waals surface area contributed by atoms with Crippen LogP contribution in [-0.2, 0) is 0 Å². The van der Waals surface area contributed by atoms with Crippen LogP contribution < -0.4 is 11.3 Å². The Hall–Kier alpha value is -0.520. The molecular weight excluding hydrogens is 184 g/mol. The first-order valence-corrected chi connectivity index (χ1v) is 5.41. The van der Waals surface area contributed by atoms with Crippen molar-refractivity contribution in [3.05, 3.63) is 11.1 Å². The first-order valence-electron chi connectivity index (χ1n) is 4.63. The smallest absolute Gasteiger partial charge is 0.0669 e. The first-order chi connectivity index (χ1) is 6.40. The molecule has 1 aromatic rings. The Morgan fingerprint density at radius 1 is 1.69 bits per heavy atom. The van der Waals surface area contributed by atoms with Crippen LogP contribution in [0.3, 0.4) is 0 Å². The second-order valence-corrected chi connectivity index (χ2v) is 4.38. The van der Waals surface area contributed by atoms with Gasteiger partial charge in [-0.25, -0.2) is 0 Å². The molecular formula is C8H14N4S. The maximum Gasteiger partial charge on any atom is 0.0669 e. The van der Waals surface area contributed by atoms with E-state index >= 15 is 0 Å². The fourth-order valence-corrected chi connectivity index (χ4v) is 2.04. The van der Waals surface area contributed by atoms with E-state index in [0.29, 0.717) is 0 Å². The zero-order valence-electron chi connectivity index (χ0n) is 7.44. The van der Waals surface area contributed by atoms with Crippen molar-refractivity contribution in [2.75, 3.05) is 0 Å². The second kappa shape index (κ2) is 4.13. The molecule has 3 N–H and O–H groups in total. The highest BCUT2D eigenvalue weighted by Gasteiger charge is 2.23. The van der Waals surface area contributed by atoms with Crippen LogP contribution in [-0.4, -0.2) is 9.59 Å². The predicted octanol–water partition coefficient (Wildman–Crippen LogP) is 1.23. The SMILES string of the molecule is NNC(CCC1CC1)c1cnns1. The van der Waals surface area contributed by atoms with E-state index in [1.165, 1.54) is 30.8 Å². The minimum atomic E-state index is 0.251. The molecule has 1 atom stereocenters. The molecule has 0 saturated heterocycles. The number of aromatic nitrogens is 2. The third kappa shape index (κ3) is 2.46. The van der Waals surface area contributed by atoms with E-state index in [1.807, 2.05) is 0 Å². The lowest BCUT2D eigenvalue weighted by atomic mass is 10.1. The molecule has 1 saturated carbocycles. The van der Waals surface area contributed by atoms with Gasteiger partial charge in [-0.3, -0.25) is 11.3 Å². The molecule has 0 bridgehead atoms. The van der Waals surface area contributed by atoms with E-state index < -0.39 is 0 Å². The van der Waals surface area contributed by atoms with Crippen molar-refractivity contribution in [1.82, 2.24) is 15.0 Å². The molecule has 1 aliphatic carbocycles. The predicted molar refractivity (Wildman–Crippen MR) is 51.9 cm³/mol. The largest absolute Gasteiger partial charge is 0.271 e. The van der Waals surface area contributed by atoms with Crippen molar-refractivity contribution >= 4 is 11.5 Å². The van der Waals surface area contributed by atoms with Crippen molar-refractivity contribution in [1.29, 1.82) is 0 Å². The van der Waals surface area contributed by atoms with Crippen molar-refractivity contribution in [3.8, 4) is 0 Å². The summed E-state index contributed by atoms with van der Waals surface area (Å²) in [6.45, 7) is 0. The van der Waals surface area contributed by atoms with Gasteiger partial charge in [-0.15, -0.1) is 5.10 Å².